The van der Waals surface area contributed by atoms with Gasteiger partial charge >= 0.3 is 0 Å². The molecule has 106 valence electrons. The number of rotatable bonds is 7. The molecule has 0 aliphatic carbocycles. The molecule has 4 nitrogen and oxygen atoms in total. The molecule has 1 atom stereocenters. The predicted molar refractivity (Wildman–Crippen MR) is 75.7 cm³/mol. The van der Waals surface area contributed by atoms with E-state index in [0.717, 1.165) is 19.3 Å². The summed E-state index contributed by atoms with van der Waals surface area (Å²) in [6.07, 6.45) is 4.38. The van der Waals surface area contributed by atoms with Crippen molar-refractivity contribution in [2.24, 2.45) is 0 Å². The van der Waals surface area contributed by atoms with Crippen molar-refractivity contribution in [3.8, 4) is 11.5 Å². The first kappa shape index (κ1) is 15.3. The van der Waals surface area contributed by atoms with Crippen LogP contribution in [0.3, 0.4) is 0 Å². The number of methoxy groups -OCH3 is 1. The molecule has 1 aromatic rings. The second-order valence-corrected chi connectivity index (χ2v) is 4.73. The third-order valence-electron chi connectivity index (χ3n) is 3.08. The molecule has 0 bridgehead atoms. The van der Waals surface area contributed by atoms with Crippen LogP contribution in [0, 0.1) is 0 Å². The van der Waals surface area contributed by atoms with Crippen molar-refractivity contribution in [3.05, 3.63) is 23.8 Å². The van der Waals surface area contributed by atoms with Crippen molar-refractivity contribution < 1.29 is 14.6 Å². The Morgan fingerprint density at radius 3 is 2.79 bits per heavy atom. The molecule has 1 rings (SSSR count). The fourth-order valence-electron chi connectivity index (χ4n) is 1.94. The Bertz CT molecular complexity index is 418. The lowest BCUT2D eigenvalue weighted by molar-refractivity contribution is 0.0934. The van der Waals surface area contributed by atoms with Gasteiger partial charge in [0.05, 0.1) is 12.7 Å². The molecule has 1 unspecified atom stereocenters. The summed E-state index contributed by atoms with van der Waals surface area (Å²) in [6.45, 7) is 4.13. The molecule has 0 heterocycles. The number of aromatic hydroxyl groups is 1. The number of hydrogen-bond donors (Lipinski definition) is 2. The van der Waals surface area contributed by atoms with Gasteiger partial charge in [0, 0.05) is 6.04 Å². The first-order valence-electron chi connectivity index (χ1n) is 6.77. The minimum atomic E-state index is -0.264. The predicted octanol–water partition coefficient (Wildman–Crippen LogP) is 3.10. The van der Waals surface area contributed by atoms with Crippen molar-refractivity contribution in [3.63, 3.8) is 0 Å². The van der Waals surface area contributed by atoms with Gasteiger partial charge < -0.3 is 15.2 Å². The van der Waals surface area contributed by atoms with Crippen LogP contribution in [0.1, 0.15) is 49.9 Å². The topological polar surface area (TPSA) is 58.6 Å². The summed E-state index contributed by atoms with van der Waals surface area (Å²) < 4.78 is 4.99. The standard InChI is InChI=1S/C15H23NO3/c1-4-5-6-8-11(2)16-15(18)12-9-7-10-13(19-3)14(12)17/h7,9-11,17H,4-6,8H2,1-3H3,(H,16,18). The second-order valence-electron chi connectivity index (χ2n) is 4.73. The zero-order valence-electron chi connectivity index (χ0n) is 11.9. The maximum atomic E-state index is 12.1. The number of carbonyl (C=O) groups excluding carboxylic acids is 1. The Hall–Kier alpha value is -1.71. The maximum Gasteiger partial charge on any atom is 0.255 e. The van der Waals surface area contributed by atoms with E-state index in [0.29, 0.717) is 5.75 Å². The molecule has 1 amide bonds. The summed E-state index contributed by atoms with van der Waals surface area (Å²) in [5, 5.41) is 12.8. The van der Waals surface area contributed by atoms with Crippen LogP contribution >= 0.6 is 0 Å². The first-order chi connectivity index (χ1) is 9.10. The van der Waals surface area contributed by atoms with E-state index < -0.39 is 0 Å². The third-order valence-corrected chi connectivity index (χ3v) is 3.08. The lowest BCUT2D eigenvalue weighted by Crippen LogP contribution is -2.32. The normalized spacial score (nSPS) is 11.9. The molecule has 1 aromatic carbocycles. The number of benzene rings is 1. The van der Waals surface area contributed by atoms with E-state index in [1.165, 1.54) is 13.5 Å². The van der Waals surface area contributed by atoms with Crippen LogP contribution in [0.4, 0.5) is 0 Å². The van der Waals surface area contributed by atoms with Crippen molar-refractivity contribution in [2.45, 2.75) is 45.6 Å². The minimum absolute atomic E-state index is 0.102. The molecule has 0 aliphatic heterocycles. The van der Waals surface area contributed by atoms with Gasteiger partial charge in [0.15, 0.2) is 11.5 Å². The van der Waals surface area contributed by atoms with Gasteiger partial charge in [-0.15, -0.1) is 0 Å². The number of nitrogens with one attached hydrogen (secondary N) is 1. The molecule has 0 aliphatic rings. The summed E-state index contributed by atoms with van der Waals surface area (Å²) in [7, 11) is 1.46. The average Bonchev–Trinajstić information content (AvgIpc) is 2.39. The quantitative estimate of drug-likeness (QED) is 0.745. The largest absolute Gasteiger partial charge is 0.504 e. The number of para-hydroxylation sites is 1. The van der Waals surface area contributed by atoms with Crippen LogP contribution in [-0.2, 0) is 0 Å². The molecule has 2 N–H and O–H groups in total. The summed E-state index contributed by atoms with van der Waals surface area (Å²) >= 11 is 0. The zero-order valence-corrected chi connectivity index (χ0v) is 11.9. The van der Waals surface area contributed by atoms with Crippen molar-refractivity contribution in [2.75, 3.05) is 7.11 Å². The van der Waals surface area contributed by atoms with Gasteiger partial charge in [-0.05, 0) is 25.5 Å². The Morgan fingerprint density at radius 2 is 2.16 bits per heavy atom. The maximum absolute atomic E-state index is 12.1. The van der Waals surface area contributed by atoms with E-state index in [1.54, 1.807) is 18.2 Å². The number of phenols is 1. The fraction of sp³-hybridized carbons (Fsp3) is 0.533. The van der Waals surface area contributed by atoms with Gasteiger partial charge in [-0.25, -0.2) is 0 Å². The van der Waals surface area contributed by atoms with Crippen molar-refractivity contribution in [1.82, 2.24) is 5.32 Å². The van der Waals surface area contributed by atoms with Gasteiger partial charge in [-0.2, -0.15) is 0 Å². The molecule has 19 heavy (non-hydrogen) atoms. The highest BCUT2D eigenvalue weighted by atomic mass is 16.5. The van der Waals surface area contributed by atoms with Crippen LogP contribution in [0.5, 0.6) is 11.5 Å². The third kappa shape index (κ3) is 4.47. The number of hydrogen-bond acceptors (Lipinski definition) is 3. The van der Waals surface area contributed by atoms with Gasteiger partial charge in [0.25, 0.3) is 5.91 Å². The Labute approximate surface area is 114 Å². The summed E-state index contributed by atoms with van der Waals surface area (Å²) in [6, 6.07) is 5.00. The van der Waals surface area contributed by atoms with E-state index in [9.17, 15) is 9.90 Å². The average molecular weight is 265 g/mol. The van der Waals surface area contributed by atoms with Gasteiger partial charge in [0.2, 0.25) is 0 Å². The number of phenolic OH excluding ortho intramolecular Hbond substituents is 1. The molecule has 0 fully saturated rings. The van der Waals surface area contributed by atoms with E-state index >= 15 is 0 Å². The fourth-order valence-corrected chi connectivity index (χ4v) is 1.94. The number of amides is 1. The van der Waals surface area contributed by atoms with Crippen LogP contribution in [0.2, 0.25) is 0 Å². The van der Waals surface area contributed by atoms with E-state index in [1.807, 2.05) is 6.92 Å². The summed E-state index contributed by atoms with van der Waals surface area (Å²) in [4.78, 5) is 12.1. The van der Waals surface area contributed by atoms with E-state index in [-0.39, 0.29) is 23.3 Å². The van der Waals surface area contributed by atoms with Crippen LogP contribution < -0.4 is 10.1 Å². The summed E-state index contributed by atoms with van der Waals surface area (Å²) in [5.41, 5.74) is 0.252. The number of unbranched alkanes of at least 4 members (excludes halogenated alkanes) is 2. The highest BCUT2D eigenvalue weighted by molar-refractivity contribution is 5.97. The van der Waals surface area contributed by atoms with Gasteiger partial charge in [-0.3, -0.25) is 4.79 Å². The van der Waals surface area contributed by atoms with E-state index in [4.69, 9.17) is 4.74 Å². The smallest absolute Gasteiger partial charge is 0.255 e. The second kappa shape index (κ2) is 7.67. The van der Waals surface area contributed by atoms with Crippen molar-refractivity contribution in [1.29, 1.82) is 0 Å². The highest BCUT2D eigenvalue weighted by Crippen LogP contribution is 2.29. The zero-order chi connectivity index (χ0) is 14.3. The Kier molecular flexibility index (Phi) is 6.19. The molecule has 0 radical (unpaired) electrons. The van der Waals surface area contributed by atoms with Crippen LogP contribution in [-0.4, -0.2) is 24.2 Å². The molecular formula is C15H23NO3. The van der Waals surface area contributed by atoms with Gasteiger partial charge in [-0.1, -0.05) is 32.3 Å². The first-order valence-corrected chi connectivity index (χ1v) is 6.77. The van der Waals surface area contributed by atoms with Gasteiger partial charge in [0.1, 0.15) is 0 Å². The molecular weight excluding hydrogens is 242 g/mol. The number of carbonyl (C=O) groups is 1. The SMILES string of the molecule is CCCCCC(C)NC(=O)c1cccc(OC)c1O. The van der Waals surface area contributed by atoms with E-state index in [2.05, 4.69) is 12.2 Å². The van der Waals surface area contributed by atoms with Crippen molar-refractivity contribution >= 4 is 5.91 Å². The Morgan fingerprint density at radius 1 is 1.42 bits per heavy atom. The lowest BCUT2D eigenvalue weighted by atomic mass is 10.1. The number of ether oxygens (including phenoxy) is 1. The monoisotopic (exact) mass is 265 g/mol. The van der Waals surface area contributed by atoms with Crippen LogP contribution in [0.25, 0.3) is 0 Å². The molecule has 4 heteroatoms. The summed E-state index contributed by atoms with van der Waals surface area (Å²) in [5.74, 6) is -0.0602. The molecule has 0 saturated heterocycles. The highest BCUT2D eigenvalue weighted by Gasteiger charge is 2.16. The lowest BCUT2D eigenvalue weighted by Gasteiger charge is -2.15. The molecule has 0 spiro atoms. The minimum Gasteiger partial charge on any atom is -0.504 e. The molecule has 0 saturated carbocycles. The molecule has 0 aromatic heterocycles. The van der Waals surface area contributed by atoms with Crippen LogP contribution in [0.15, 0.2) is 18.2 Å². The Balaban J connectivity index is 2.63.